The molecule has 0 spiro atoms. The molecule has 4 heterocycles. The predicted octanol–water partition coefficient (Wildman–Crippen LogP) is 4.26. The Balaban J connectivity index is 1.30. The van der Waals surface area contributed by atoms with Gasteiger partial charge in [0.05, 0.1) is 46.9 Å². The molecule has 2 aromatic heterocycles. The van der Waals surface area contributed by atoms with Crippen molar-refractivity contribution in [3.63, 3.8) is 0 Å². The highest BCUT2D eigenvalue weighted by molar-refractivity contribution is 9.10. The van der Waals surface area contributed by atoms with Gasteiger partial charge in [0, 0.05) is 16.6 Å². The fourth-order valence-corrected chi connectivity index (χ4v) is 5.54. The molecule has 1 saturated heterocycles. The van der Waals surface area contributed by atoms with Gasteiger partial charge in [-0.3, -0.25) is 9.80 Å². The van der Waals surface area contributed by atoms with E-state index in [1.165, 1.54) is 0 Å². The average Bonchev–Trinajstić information content (AvgIpc) is 3.65. The van der Waals surface area contributed by atoms with E-state index >= 15 is 0 Å². The fourth-order valence-electron chi connectivity index (χ4n) is 5.28. The Kier molecular flexibility index (Phi) is 6.00. The number of amides is 1. The topological polar surface area (TPSA) is 107 Å². The minimum atomic E-state index is -0.548. The van der Waals surface area contributed by atoms with Crippen molar-refractivity contribution in [2.75, 3.05) is 11.6 Å². The highest BCUT2D eigenvalue weighted by Gasteiger charge is 2.50. The van der Waals surface area contributed by atoms with Gasteiger partial charge in [-0.1, -0.05) is 22.0 Å². The standard InChI is InChI=1S/C27H26BrN5O4/c1-15-23(24(18-10-12-36-14-18)31-33(15)20-6-4-19(28)5-7-20)26-32(25(34)16(2)37-26)11-9-17-3-8-21-22(13-17)30-27(35)29-21/h3-8,10,12-16,23,26H,9,11H2,1-2H3,(H2,29,30,35)/t15?,16-,23?,26+/m0/s1. The van der Waals surface area contributed by atoms with Crippen molar-refractivity contribution in [3.8, 4) is 0 Å². The maximum Gasteiger partial charge on any atom is 0.323 e. The lowest BCUT2D eigenvalue weighted by molar-refractivity contribution is -0.130. The number of imidazole rings is 1. The molecule has 1 fully saturated rings. The van der Waals surface area contributed by atoms with Gasteiger partial charge in [0.15, 0.2) is 0 Å². The SMILES string of the molecule is CC1C([C@H]2O[C@@H](C)C(=O)N2CCc2ccc3[nH]c(=O)[nH]c3c2)C(c2ccoc2)=NN1c1ccc(Br)cc1. The normalized spacial score (nSPS) is 23.9. The lowest BCUT2D eigenvalue weighted by Gasteiger charge is -2.32. The number of fused-ring (bicyclic) bond motifs is 1. The van der Waals surface area contributed by atoms with E-state index in [0.717, 1.165) is 38.0 Å². The summed E-state index contributed by atoms with van der Waals surface area (Å²) in [7, 11) is 0. The summed E-state index contributed by atoms with van der Waals surface area (Å²) in [5.74, 6) is -0.236. The second kappa shape index (κ2) is 9.35. The van der Waals surface area contributed by atoms with E-state index < -0.39 is 12.3 Å². The highest BCUT2D eigenvalue weighted by atomic mass is 79.9. The highest BCUT2D eigenvalue weighted by Crippen LogP contribution is 2.38. The van der Waals surface area contributed by atoms with Crippen LogP contribution in [0.4, 0.5) is 5.69 Å². The number of carbonyl (C=O) groups is 1. The number of aromatic nitrogens is 2. The third kappa shape index (κ3) is 4.30. The molecule has 37 heavy (non-hydrogen) atoms. The average molecular weight is 564 g/mol. The second-order valence-electron chi connectivity index (χ2n) is 9.49. The van der Waals surface area contributed by atoms with E-state index in [9.17, 15) is 9.59 Å². The monoisotopic (exact) mass is 563 g/mol. The first-order chi connectivity index (χ1) is 17.9. The summed E-state index contributed by atoms with van der Waals surface area (Å²) < 4.78 is 12.7. The molecular weight excluding hydrogens is 538 g/mol. The Morgan fingerprint density at radius 3 is 2.57 bits per heavy atom. The molecular formula is C27H26BrN5O4. The van der Waals surface area contributed by atoms with Crippen molar-refractivity contribution < 1.29 is 13.9 Å². The molecule has 9 nitrogen and oxygen atoms in total. The molecule has 2 aliphatic rings. The number of ether oxygens (including phenoxy) is 1. The van der Waals surface area contributed by atoms with E-state index in [4.69, 9.17) is 14.3 Å². The van der Waals surface area contributed by atoms with Gasteiger partial charge in [-0.25, -0.2) is 4.79 Å². The van der Waals surface area contributed by atoms with Crippen LogP contribution in [-0.4, -0.2) is 51.4 Å². The van der Waals surface area contributed by atoms with Crippen molar-refractivity contribution in [3.05, 3.63) is 87.1 Å². The van der Waals surface area contributed by atoms with Gasteiger partial charge < -0.3 is 24.0 Å². The van der Waals surface area contributed by atoms with E-state index in [1.807, 2.05) is 58.4 Å². The molecule has 1 amide bonds. The first-order valence-corrected chi connectivity index (χ1v) is 13.0. The molecule has 4 aromatic rings. The lowest BCUT2D eigenvalue weighted by Crippen LogP contribution is -2.47. The number of nitrogens with zero attached hydrogens (tertiary/aromatic N) is 3. The van der Waals surface area contributed by atoms with Crippen LogP contribution in [-0.2, 0) is 16.0 Å². The Morgan fingerprint density at radius 2 is 1.81 bits per heavy atom. The quantitative estimate of drug-likeness (QED) is 0.364. The van der Waals surface area contributed by atoms with Gasteiger partial charge in [-0.05, 0) is 68.3 Å². The first-order valence-electron chi connectivity index (χ1n) is 12.2. The third-order valence-corrected chi connectivity index (χ3v) is 7.68. The number of aromatic amines is 2. The molecule has 2 N–H and O–H groups in total. The molecule has 0 radical (unpaired) electrons. The van der Waals surface area contributed by atoms with E-state index in [-0.39, 0.29) is 23.6 Å². The van der Waals surface area contributed by atoms with Gasteiger partial charge >= 0.3 is 5.69 Å². The summed E-state index contributed by atoms with van der Waals surface area (Å²) in [6, 6.07) is 15.6. The van der Waals surface area contributed by atoms with Gasteiger partial charge in [0.1, 0.15) is 12.3 Å². The van der Waals surface area contributed by atoms with Crippen LogP contribution in [0, 0.1) is 5.92 Å². The molecule has 0 saturated carbocycles. The lowest BCUT2D eigenvalue weighted by atomic mass is 9.90. The first kappa shape index (κ1) is 23.7. The maximum absolute atomic E-state index is 13.3. The van der Waals surface area contributed by atoms with E-state index in [1.54, 1.807) is 19.5 Å². The number of hydrazone groups is 1. The molecule has 6 rings (SSSR count). The smallest absolute Gasteiger partial charge is 0.323 e. The maximum atomic E-state index is 13.3. The van der Waals surface area contributed by atoms with Crippen LogP contribution in [0.2, 0.25) is 0 Å². The molecule has 2 aliphatic heterocycles. The van der Waals surface area contributed by atoms with Crippen LogP contribution in [0.25, 0.3) is 11.0 Å². The fraction of sp³-hybridized carbons (Fsp3) is 0.296. The molecule has 190 valence electrons. The number of hydrogen-bond donors (Lipinski definition) is 2. The summed E-state index contributed by atoms with van der Waals surface area (Å²) >= 11 is 3.50. The molecule has 0 bridgehead atoms. The van der Waals surface area contributed by atoms with Crippen LogP contribution in [0.1, 0.15) is 25.0 Å². The molecule has 0 aliphatic carbocycles. The van der Waals surface area contributed by atoms with Crippen LogP contribution < -0.4 is 10.7 Å². The van der Waals surface area contributed by atoms with Crippen LogP contribution >= 0.6 is 15.9 Å². The summed E-state index contributed by atoms with van der Waals surface area (Å²) in [4.78, 5) is 32.3. The Morgan fingerprint density at radius 1 is 1.03 bits per heavy atom. The Labute approximate surface area is 221 Å². The number of hydrogen-bond acceptors (Lipinski definition) is 6. The van der Waals surface area contributed by atoms with Crippen LogP contribution in [0.3, 0.4) is 0 Å². The van der Waals surface area contributed by atoms with Gasteiger partial charge in [-0.15, -0.1) is 0 Å². The molecule has 2 unspecified atom stereocenters. The summed E-state index contributed by atoms with van der Waals surface area (Å²) in [5, 5.41) is 6.99. The zero-order chi connectivity index (χ0) is 25.7. The number of nitrogens with one attached hydrogen (secondary N) is 2. The Bertz CT molecular complexity index is 1520. The van der Waals surface area contributed by atoms with Crippen molar-refractivity contribution in [2.24, 2.45) is 11.0 Å². The van der Waals surface area contributed by atoms with Gasteiger partial charge in [0.25, 0.3) is 5.91 Å². The molecule has 10 heteroatoms. The van der Waals surface area contributed by atoms with Gasteiger partial charge in [0.2, 0.25) is 0 Å². The predicted molar refractivity (Wildman–Crippen MR) is 143 cm³/mol. The number of rotatable bonds is 6. The van der Waals surface area contributed by atoms with Crippen molar-refractivity contribution in [1.29, 1.82) is 0 Å². The third-order valence-electron chi connectivity index (χ3n) is 7.16. The van der Waals surface area contributed by atoms with Crippen molar-refractivity contribution >= 4 is 44.3 Å². The Hall–Kier alpha value is -3.63. The van der Waals surface area contributed by atoms with Crippen molar-refractivity contribution in [2.45, 2.75) is 38.6 Å². The molecule has 4 atom stereocenters. The van der Waals surface area contributed by atoms with E-state index in [2.05, 4.69) is 32.8 Å². The summed E-state index contributed by atoms with van der Waals surface area (Å²) in [6.07, 6.45) is 2.90. The van der Waals surface area contributed by atoms with E-state index in [0.29, 0.717) is 13.0 Å². The largest absolute Gasteiger partial charge is 0.472 e. The number of H-pyrrole nitrogens is 2. The van der Waals surface area contributed by atoms with Crippen LogP contribution in [0.15, 0.2) is 79.8 Å². The summed E-state index contributed by atoms with van der Waals surface area (Å²) in [6.45, 7) is 4.38. The number of furan rings is 1. The second-order valence-corrected chi connectivity index (χ2v) is 10.4. The number of halogens is 1. The number of carbonyl (C=O) groups excluding carboxylic acids is 1. The minimum Gasteiger partial charge on any atom is -0.472 e. The number of benzene rings is 2. The minimum absolute atomic E-state index is 0.0398. The molecule has 2 aromatic carbocycles. The van der Waals surface area contributed by atoms with Crippen molar-refractivity contribution in [1.82, 2.24) is 14.9 Å². The number of anilines is 1. The zero-order valence-electron chi connectivity index (χ0n) is 20.3. The van der Waals surface area contributed by atoms with Crippen LogP contribution in [0.5, 0.6) is 0 Å². The van der Waals surface area contributed by atoms with Gasteiger partial charge in [-0.2, -0.15) is 5.10 Å². The zero-order valence-corrected chi connectivity index (χ0v) is 21.9. The summed E-state index contributed by atoms with van der Waals surface area (Å²) in [5.41, 5.74) is 4.95.